The van der Waals surface area contributed by atoms with Gasteiger partial charge in [0.2, 0.25) is 5.89 Å². The Morgan fingerprint density at radius 3 is 2.40 bits per heavy atom. The van der Waals surface area contributed by atoms with Crippen molar-refractivity contribution in [1.82, 2.24) is 10.1 Å². The summed E-state index contributed by atoms with van der Waals surface area (Å²) in [6.45, 7) is 3.99. The molecule has 1 amide bonds. The third-order valence-corrected chi connectivity index (χ3v) is 3.66. The second-order valence-electron chi connectivity index (χ2n) is 6.04. The van der Waals surface area contributed by atoms with Gasteiger partial charge in [0.15, 0.2) is 5.82 Å². The van der Waals surface area contributed by atoms with E-state index in [-0.39, 0.29) is 17.6 Å². The van der Waals surface area contributed by atoms with Gasteiger partial charge in [-0.3, -0.25) is 4.79 Å². The van der Waals surface area contributed by atoms with Crippen molar-refractivity contribution < 1.29 is 13.7 Å². The Morgan fingerprint density at radius 2 is 1.80 bits per heavy atom. The van der Waals surface area contributed by atoms with E-state index in [0.717, 1.165) is 5.56 Å². The number of hydrogen-bond acceptors (Lipinski definition) is 4. The van der Waals surface area contributed by atoms with Gasteiger partial charge in [-0.25, -0.2) is 4.39 Å². The van der Waals surface area contributed by atoms with E-state index in [4.69, 9.17) is 4.52 Å². The predicted octanol–water partition coefficient (Wildman–Crippen LogP) is 4.18. The van der Waals surface area contributed by atoms with Crippen LogP contribution in [0.1, 0.15) is 47.4 Å². The molecule has 128 valence electrons. The molecule has 0 saturated heterocycles. The van der Waals surface area contributed by atoms with E-state index < -0.39 is 0 Å². The molecule has 25 heavy (non-hydrogen) atoms. The molecular weight excluding hydrogens is 321 g/mol. The molecule has 5 nitrogen and oxygen atoms in total. The first kappa shape index (κ1) is 16.8. The molecule has 0 spiro atoms. The summed E-state index contributed by atoms with van der Waals surface area (Å²) in [7, 11) is 0. The average molecular weight is 339 g/mol. The highest BCUT2D eigenvalue weighted by Gasteiger charge is 2.11. The largest absolute Gasteiger partial charge is 0.339 e. The summed E-state index contributed by atoms with van der Waals surface area (Å²) in [5.41, 5.74) is 2.07. The van der Waals surface area contributed by atoms with Gasteiger partial charge in [0.1, 0.15) is 5.82 Å². The summed E-state index contributed by atoms with van der Waals surface area (Å²) in [6, 6.07) is 12.8. The van der Waals surface area contributed by atoms with E-state index in [0.29, 0.717) is 29.4 Å². The Hall–Kier alpha value is -3.02. The van der Waals surface area contributed by atoms with Crippen molar-refractivity contribution in [3.63, 3.8) is 0 Å². The van der Waals surface area contributed by atoms with Crippen LogP contribution in [0.25, 0.3) is 0 Å². The zero-order chi connectivity index (χ0) is 17.8. The minimum atomic E-state index is -0.372. The van der Waals surface area contributed by atoms with Gasteiger partial charge in [-0.15, -0.1) is 0 Å². The van der Waals surface area contributed by atoms with Gasteiger partial charge in [0, 0.05) is 23.6 Å². The monoisotopic (exact) mass is 339 g/mol. The molecule has 6 heteroatoms. The Morgan fingerprint density at radius 1 is 1.12 bits per heavy atom. The van der Waals surface area contributed by atoms with Crippen LogP contribution in [-0.4, -0.2) is 16.0 Å². The van der Waals surface area contributed by atoms with E-state index in [9.17, 15) is 9.18 Å². The number of nitrogens with one attached hydrogen (secondary N) is 1. The van der Waals surface area contributed by atoms with Crippen LogP contribution in [0.15, 0.2) is 53.1 Å². The Kier molecular flexibility index (Phi) is 4.88. The average Bonchev–Trinajstić information content (AvgIpc) is 3.06. The second kappa shape index (κ2) is 7.25. The first-order valence-corrected chi connectivity index (χ1v) is 7.99. The number of carbonyl (C=O) groups is 1. The quantitative estimate of drug-likeness (QED) is 0.757. The number of halogens is 1. The minimum absolute atomic E-state index is 0.199. The third kappa shape index (κ3) is 4.29. The van der Waals surface area contributed by atoms with Crippen LogP contribution in [0, 0.1) is 5.82 Å². The van der Waals surface area contributed by atoms with Gasteiger partial charge in [0.05, 0.1) is 0 Å². The highest BCUT2D eigenvalue weighted by Crippen LogP contribution is 2.16. The Labute approximate surface area is 144 Å². The molecule has 1 N–H and O–H groups in total. The number of carbonyl (C=O) groups excluding carboxylic acids is 1. The molecule has 0 radical (unpaired) electrons. The van der Waals surface area contributed by atoms with Crippen molar-refractivity contribution in [3.05, 3.63) is 77.2 Å². The molecular formula is C19H18FN3O2. The van der Waals surface area contributed by atoms with E-state index in [1.165, 1.54) is 24.3 Å². The maximum absolute atomic E-state index is 12.9. The summed E-state index contributed by atoms with van der Waals surface area (Å²) in [4.78, 5) is 16.4. The lowest BCUT2D eigenvalue weighted by Gasteiger charge is -2.06. The molecule has 0 fully saturated rings. The highest BCUT2D eigenvalue weighted by molar-refractivity contribution is 6.04. The van der Waals surface area contributed by atoms with Gasteiger partial charge in [-0.1, -0.05) is 31.1 Å². The third-order valence-electron chi connectivity index (χ3n) is 3.66. The standard InChI is InChI=1S/C19H18FN3O2/c1-12(2)19-22-17(23-25-19)11-13-3-9-16(10-4-13)21-18(24)14-5-7-15(20)8-6-14/h3-10,12H,11H2,1-2H3,(H,21,24). The zero-order valence-corrected chi connectivity index (χ0v) is 14.0. The normalized spacial score (nSPS) is 10.9. The van der Waals surface area contributed by atoms with Crippen LogP contribution in [0.5, 0.6) is 0 Å². The van der Waals surface area contributed by atoms with E-state index in [1.54, 1.807) is 12.1 Å². The smallest absolute Gasteiger partial charge is 0.255 e. The van der Waals surface area contributed by atoms with E-state index >= 15 is 0 Å². The molecule has 0 unspecified atom stereocenters. The van der Waals surface area contributed by atoms with E-state index in [2.05, 4.69) is 15.5 Å². The van der Waals surface area contributed by atoms with Crippen molar-refractivity contribution in [2.45, 2.75) is 26.2 Å². The van der Waals surface area contributed by atoms with Gasteiger partial charge >= 0.3 is 0 Å². The summed E-state index contributed by atoms with van der Waals surface area (Å²) in [6.07, 6.45) is 0.558. The molecule has 0 aliphatic carbocycles. The molecule has 1 aromatic heterocycles. The molecule has 2 aromatic carbocycles. The lowest BCUT2D eigenvalue weighted by atomic mass is 10.1. The highest BCUT2D eigenvalue weighted by atomic mass is 19.1. The van der Waals surface area contributed by atoms with Crippen LogP contribution in [0.2, 0.25) is 0 Å². The molecule has 0 aliphatic heterocycles. The maximum Gasteiger partial charge on any atom is 0.255 e. The van der Waals surface area contributed by atoms with Gasteiger partial charge in [0.25, 0.3) is 5.91 Å². The van der Waals surface area contributed by atoms with Crippen molar-refractivity contribution in [2.24, 2.45) is 0 Å². The molecule has 3 rings (SSSR count). The Bertz CT molecular complexity index is 855. The molecule has 0 bridgehead atoms. The van der Waals surface area contributed by atoms with Gasteiger partial charge in [-0.2, -0.15) is 4.98 Å². The zero-order valence-electron chi connectivity index (χ0n) is 14.0. The molecule has 0 atom stereocenters. The van der Waals surface area contributed by atoms with Gasteiger partial charge < -0.3 is 9.84 Å². The topological polar surface area (TPSA) is 68.0 Å². The SMILES string of the molecule is CC(C)c1nc(Cc2ccc(NC(=O)c3ccc(F)cc3)cc2)no1. The number of amides is 1. The fourth-order valence-corrected chi connectivity index (χ4v) is 2.27. The fourth-order valence-electron chi connectivity index (χ4n) is 2.27. The molecule has 0 aliphatic rings. The van der Waals surface area contributed by atoms with Crippen LogP contribution in [0.4, 0.5) is 10.1 Å². The number of anilines is 1. The van der Waals surface area contributed by atoms with Crippen LogP contribution >= 0.6 is 0 Å². The molecule has 3 aromatic rings. The van der Waals surface area contributed by atoms with E-state index in [1.807, 2.05) is 26.0 Å². The lowest BCUT2D eigenvalue weighted by molar-refractivity contribution is 0.102. The van der Waals surface area contributed by atoms with Crippen molar-refractivity contribution in [1.29, 1.82) is 0 Å². The number of hydrogen-bond donors (Lipinski definition) is 1. The van der Waals surface area contributed by atoms with Gasteiger partial charge in [-0.05, 0) is 42.0 Å². The number of benzene rings is 2. The summed E-state index contributed by atoms with van der Waals surface area (Å²) in [5.74, 6) is 0.797. The first-order valence-electron chi connectivity index (χ1n) is 7.99. The number of nitrogens with zero attached hydrogens (tertiary/aromatic N) is 2. The summed E-state index contributed by atoms with van der Waals surface area (Å²) < 4.78 is 18.1. The van der Waals surface area contributed by atoms with Crippen molar-refractivity contribution >= 4 is 11.6 Å². The minimum Gasteiger partial charge on any atom is -0.339 e. The van der Waals surface area contributed by atoms with Crippen LogP contribution in [0.3, 0.4) is 0 Å². The summed E-state index contributed by atoms with van der Waals surface area (Å²) in [5, 5.41) is 6.74. The first-order chi connectivity index (χ1) is 12.0. The van der Waals surface area contributed by atoms with Crippen molar-refractivity contribution in [2.75, 3.05) is 5.32 Å². The maximum atomic E-state index is 12.9. The lowest BCUT2D eigenvalue weighted by Crippen LogP contribution is -2.11. The number of aromatic nitrogens is 2. The van der Waals surface area contributed by atoms with Crippen molar-refractivity contribution in [3.8, 4) is 0 Å². The Balaban J connectivity index is 1.63. The predicted molar refractivity (Wildman–Crippen MR) is 92.0 cm³/mol. The van der Waals surface area contributed by atoms with Crippen LogP contribution < -0.4 is 5.32 Å². The molecule has 1 heterocycles. The second-order valence-corrected chi connectivity index (χ2v) is 6.04. The fraction of sp³-hybridized carbons (Fsp3) is 0.211. The number of rotatable bonds is 5. The molecule has 0 saturated carbocycles. The van der Waals surface area contributed by atoms with Crippen LogP contribution in [-0.2, 0) is 6.42 Å². The summed E-state index contributed by atoms with van der Waals surface area (Å²) >= 11 is 0.